The van der Waals surface area contributed by atoms with Crippen LogP contribution >= 0.6 is 0 Å². The van der Waals surface area contributed by atoms with Crippen molar-refractivity contribution in [2.45, 2.75) is 83.2 Å². The van der Waals surface area contributed by atoms with E-state index in [4.69, 9.17) is 10.8 Å². The minimum atomic E-state index is 0.0285. The molecule has 1 aromatic carbocycles. The van der Waals surface area contributed by atoms with Crippen LogP contribution in [0.3, 0.4) is 0 Å². The summed E-state index contributed by atoms with van der Waals surface area (Å²) in [6.07, 6.45) is 12.1. The van der Waals surface area contributed by atoms with Gasteiger partial charge in [0.25, 0.3) is 5.91 Å². The van der Waals surface area contributed by atoms with Crippen LogP contribution in [-0.2, 0) is 11.3 Å². The number of hydrogen-bond acceptors (Lipinski definition) is 4. The smallest absolute Gasteiger partial charge is 0.255 e. The second-order valence-corrected chi connectivity index (χ2v) is 14.0. The third-order valence-electron chi connectivity index (χ3n) is 10.8. The summed E-state index contributed by atoms with van der Waals surface area (Å²) in [7, 11) is 0. The Bertz CT molecular complexity index is 1740. The molecule has 230 valence electrons. The van der Waals surface area contributed by atoms with Crippen LogP contribution in [0.5, 0.6) is 0 Å². The third kappa shape index (κ3) is 4.91. The maximum Gasteiger partial charge on any atom is 0.255 e. The number of nitrogens with zero attached hydrogens (tertiary/aromatic N) is 5. The van der Waals surface area contributed by atoms with E-state index in [1.807, 2.05) is 27.7 Å². The van der Waals surface area contributed by atoms with Crippen LogP contribution in [0.4, 0.5) is 0 Å². The number of piperidine rings is 1. The third-order valence-corrected chi connectivity index (χ3v) is 10.8. The van der Waals surface area contributed by atoms with Gasteiger partial charge in [-0.25, -0.2) is 4.52 Å². The van der Waals surface area contributed by atoms with Crippen molar-refractivity contribution < 1.29 is 9.59 Å². The van der Waals surface area contributed by atoms with Gasteiger partial charge in [0.2, 0.25) is 5.91 Å². The Kier molecular flexibility index (Phi) is 7.00. The van der Waals surface area contributed by atoms with Crippen molar-refractivity contribution in [3.63, 3.8) is 0 Å². The van der Waals surface area contributed by atoms with Crippen LogP contribution in [0.1, 0.15) is 85.2 Å². The Balaban J connectivity index is 1.12. The van der Waals surface area contributed by atoms with Gasteiger partial charge in [0, 0.05) is 67.7 Å². The van der Waals surface area contributed by atoms with Crippen LogP contribution in [-0.4, -0.2) is 68.0 Å². The van der Waals surface area contributed by atoms with Crippen molar-refractivity contribution in [2.24, 2.45) is 17.6 Å². The molecule has 0 radical (unpaired) electrons. The molecule has 2 aliphatic carbocycles. The fraction of sp³-hybridized carbons (Fsp3) is 0.528. The first-order chi connectivity index (χ1) is 21.4. The van der Waals surface area contributed by atoms with Gasteiger partial charge < -0.3 is 20.1 Å². The standard InChI is InChI=1S/C36H44N6O2/c1-23-31-15-14-27(36(44)39-16-6-10-29(37)22-39)21-42(31)38-33(23)32-17-26-9-5-11-30(34(26)41(32)18-24-12-13-24)28-19-40(20-28)35(43)25-7-3-2-4-8-25/h5,9,11,14-15,17,21,24-25,28-29H,2-4,6-8,10,12-13,16,18-20,22,37H2,1H3. The molecule has 4 aliphatic rings. The Hall–Kier alpha value is -3.65. The topological polar surface area (TPSA) is 88.9 Å². The van der Waals surface area contributed by atoms with Crippen LogP contribution in [0.15, 0.2) is 42.6 Å². The highest BCUT2D eigenvalue weighted by Gasteiger charge is 2.37. The zero-order valence-corrected chi connectivity index (χ0v) is 25.9. The molecule has 44 heavy (non-hydrogen) atoms. The highest BCUT2D eigenvalue weighted by molar-refractivity contribution is 5.95. The maximum absolute atomic E-state index is 13.3. The molecule has 2 saturated heterocycles. The molecule has 2 amide bonds. The number of aromatic nitrogens is 3. The summed E-state index contributed by atoms with van der Waals surface area (Å²) in [6.45, 7) is 6.14. The van der Waals surface area contributed by atoms with Gasteiger partial charge in [0.1, 0.15) is 5.69 Å². The fourth-order valence-corrected chi connectivity index (χ4v) is 8.01. The first-order valence-corrected chi connectivity index (χ1v) is 16.9. The number of fused-ring (bicyclic) bond motifs is 2. The monoisotopic (exact) mass is 592 g/mol. The summed E-state index contributed by atoms with van der Waals surface area (Å²) < 4.78 is 4.41. The van der Waals surface area contributed by atoms with Crippen molar-refractivity contribution in [3.8, 4) is 11.4 Å². The Morgan fingerprint density at radius 2 is 1.75 bits per heavy atom. The van der Waals surface area contributed by atoms with E-state index in [1.54, 1.807) is 0 Å². The second kappa shape index (κ2) is 11.1. The molecular weight excluding hydrogens is 548 g/mol. The zero-order valence-electron chi connectivity index (χ0n) is 25.9. The number of likely N-dealkylation sites (tertiary alicyclic amines) is 2. The van der Waals surface area contributed by atoms with Gasteiger partial charge in [0.15, 0.2) is 0 Å². The normalized spacial score (nSPS) is 21.7. The number of pyridine rings is 1. The molecular formula is C36H44N6O2. The quantitative estimate of drug-likeness (QED) is 0.309. The molecule has 0 bridgehead atoms. The predicted molar refractivity (Wildman–Crippen MR) is 173 cm³/mol. The fourth-order valence-electron chi connectivity index (χ4n) is 8.01. The first-order valence-electron chi connectivity index (χ1n) is 16.9. The average Bonchev–Trinajstić information content (AvgIpc) is 3.69. The molecule has 2 aliphatic heterocycles. The maximum atomic E-state index is 13.3. The van der Waals surface area contributed by atoms with Gasteiger partial charge in [-0.2, -0.15) is 5.10 Å². The minimum Gasteiger partial charge on any atom is -0.341 e. The van der Waals surface area contributed by atoms with Gasteiger partial charge in [-0.15, -0.1) is 0 Å². The molecule has 1 unspecified atom stereocenters. The Labute approximate surface area is 259 Å². The molecule has 3 aromatic heterocycles. The molecule has 4 fully saturated rings. The highest BCUT2D eigenvalue weighted by atomic mass is 16.2. The molecule has 5 heterocycles. The SMILES string of the molecule is Cc1c(-c2cc3cccc(C4CN(C(=O)C5CCCCC5)C4)c3n2CC2CC2)nn2cc(C(=O)N3CCCC(N)C3)ccc12. The van der Waals surface area contributed by atoms with E-state index in [-0.39, 0.29) is 17.9 Å². The van der Waals surface area contributed by atoms with Gasteiger partial charge in [0.05, 0.1) is 22.3 Å². The van der Waals surface area contributed by atoms with Gasteiger partial charge in [-0.3, -0.25) is 9.59 Å². The van der Waals surface area contributed by atoms with Crippen LogP contribution in [0, 0.1) is 18.8 Å². The summed E-state index contributed by atoms with van der Waals surface area (Å²) in [5, 5.41) is 6.35. The zero-order chi connectivity index (χ0) is 29.9. The molecule has 4 aromatic rings. The summed E-state index contributed by atoms with van der Waals surface area (Å²) in [5.74, 6) is 1.70. The van der Waals surface area contributed by atoms with Gasteiger partial charge in [-0.05, 0) is 75.1 Å². The van der Waals surface area contributed by atoms with Crippen molar-refractivity contribution in [1.82, 2.24) is 24.0 Å². The number of carbonyl (C=O) groups excluding carboxylic acids is 2. The molecule has 2 N–H and O–H groups in total. The Morgan fingerprint density at radius 1 is 0.932 bits per heavy atom. The number of hydrogen-bond donors (Lipinski definition) is 1. The molecule has 8 nitrogen and oxygen atoms in total. The van der Waals surface area contributed by atoms with E-state index < -0.39 is 0 Å². The number of benzene rings is 1. The number of nitrogens with two attached hydrogens (primary N) is 1. The number of amides is 2. The molecule has 1 atom stereocenters. The predicted octanol–water partition coefficient (Wildman–Crippen LogP) is 5.74. The molecule has 0 spiro atoms. The molecule has 2 saturated carbocycles. The largest absolute Gasteiger partial charge is 0.341 e. The van der Waals surface area contributed by atoms with E-state index in [0.29, 0.717) is 29.9 Å². The number of carbonyl (C=O) groups is 2. The van der Waals surface area contributed by atoms with E-state index in [9.17, 15) is 9.59 Å². The van der Waals surface area contributed by atoms with Crippen molar-refractivity contribution in [3.05, 3.63) is 59.3 Å². The molecule has 8 heteroatoms. The van der Waals surface area contributed by atoms with E-state index in [0.717, 1.165) is 74.3 Å². The van der Waals surface area contributed by atoms with Crippen molar-refractivity contribution in [1.29, 1.82) is 0 Å². The lowest BCUT2D eigenvalue weighted by Gasteiger charge is -2.42. The lowest BCUT2D eigenvalue weighted by molar-refractivity contribution is -0.141. The van der Waals surface area contributed by atoms with Gasteiger partial charge in [-0.1, -0.05) is 37.5 Å². The summed E-state index contributed by atoms with van der Waals surface area (Å²) >= 11 is 0. The summed E-state index contributed by atoms with van der Waals surface area (Å²) in [6, 6.07) is 13.0. The number of para-hydroxylation sites is 1. The average molecular weight is 593 g/mol. The van der Waals surface area contributed by atoms with Crippen LogP contribution in [0.2, 0.25) is 0 Å². The number of aryl methyl sites for hydroxylation is 1. The lowest BCUT2D eigenvalue weighted by Crippen LogP contribution is -2.51. The van der Waals surface area contributed by atoms with Gasteiger partial charge >= 0.3 is 0 Å². The van der Waals surface area contributed by atoms with E-state index in [1.165, 1.54) is 48.6 Å². The Morgan fingerprint density at radius 3 is 2.52 bits per heavy atom. The number of rotatable bonds is 6. The van der Waals surface area contributed by atoms with Crippen molar-refractivity contribution >= 4 is 28.2 Å². The van der Waals surface area contributed by atoms with E-state index >= 15 is 0 Å². The highest BCUT2D eigenvalue weighted by Crippen LogP contribution is 2.41. The van der Waals surface area contributed by atoms with Crippen LogP contribution in [0.25, 0.3) is 27.8 Å². The van der Waals surface area contributed by atoms with Crippen LogP contribution < -0.4 is 5.73 Å². The van der Waals surface area contributed by atoms with E-state index in [2.05, 4.69) is 40.7 Å². The lowest BCUT2D eigenvalue weighted by atomic mass is 9.84. The first kappa shape index (κ1) is 27.9. The molecule has 8 rings (SSSR count). The summed E-state index contributed by atoms with van der Waals surface area (Å²) in [5.41, 5.74) is 13.7. The summed E-state index contributed by atoms with van der Waals surface area (Å²) in [4.78, 5) is 30.5. The van der Waals surface area contributed by atoms with Crippen molar-refractivity contribution in [2.75, 3.05) is 26.2 Å². The second-order valence-electron chi connectivity index (χ2n) is 14.0. The minimum absolute atomic E-state index is 0.0285.